The van der Waals surface area contributed by atoms with Gasteiger partial charge in [0.1, 0.15) is 17.2 Å². The summed E-state index contributed by atoms with van der Waals surface area (Å²) in [5.74, 6) is 0.176. The maximum Gasteiger partial charge on any atom is 0.273 e. The number of dihydropyridines is 1. The summed E-state index contributed by atoms with van der Waals surface area (Å²) >= 11 is 12.0. The highest BCUT2D eigenvalue weighted by atomic mass is 35.5. The Morgan fingerprint density at radius 3 is 2.71 bits per heavy atom. The Kier molecular flexibility index (Phi) is 6.21. The second-order valence-corrected chi connectivity index (χ2v) is 6.95. The first-order valence-electron chi connectivity index (χ1n) is 8.51. The van der Waals surface area contributed by atoms with Gasteiger partial charge in [-0.15, -0.1) is 0 Å². The van der Waals surface area contributed by atoms with Gasteiger partial charge >= 0.3 is 0 Å². The quantitative estimate of drug-likeness (QED) is 0.760. The molecule has 1 aliphatic heterocycles. The van der Waals surface area contributed by atoms with E-state index in [9.17, 15) is 9.59 Å². The molecule has 2 aliphatic rings. The zero-order valence-corrected chi connectivity index (χ0v) is 16.8. The number of ether oxygens (including phenoxy) is 2. The number of carbonyl (C=O) groups excluding carboxylic acids is 2. The largest absolute Gasteiger partial charge is 0.500 e. The molecule has 0 saturated carbocycles. The second-order valence-electron chi connectivity index (χ2n) is 6.11. The molecule has 0 spiro atoms. The lowest BCUT2D eigenvalue weighted by Crippen LogP contribution is -2.30. The first kappa shape index (κ1) is 20.2. The van der Waals surface area contributed by atoms with E-state index in [-0.39, 0.29) is 29.8 Å². The van der Waals surface area contributed by atoms with Crippen molar-refractivity contribution in [3.63, 3.8) is 0 Å². The number of aliphatic imine (C=N–C) groups is 1. The summed E-state index contributed by atoms with van der Waals surface area (Å²) in [5.41, 5.74) is 1.29. The third-order valence-electron chi connectivity index (χ3n) is 4.43. The number of fused-ring (bicyclic) bond motifs is 1. The highest BCUT2D eigenvalue weighted by Crippen LogP contribution is 2.30. The van der Waals surface area contributed by atoms with E-state index >= 15 is 0 Å². The minimum Gasteiger partial charge on any atom is -0.500 e. The number of nitrogens with one attached hydrogen (secondary N) is 1. The Balaban J connectivity index is 1.69. The van der Waals surface area contributed by atoms with Crippen LogP contribution in [0, 0.1) is 5.92 Å². The third-order valence-corrected chi connectivity index (χ3v) is 4.99. The van der Waals surface area contributed by atoms with Crippen molar-refractivity contribution in [1.29, 1.82) is 0 Å². The molecule has 0 fully saturated rings. The summed E-state index contributed by atoms with van der Waals surface area (Å²) in [6.45, 7) is 0.246. The summed E-state index contributed by atoms with van der Waals surface area (Å²) in [5, 5.41) is 3.47. The van der Waals surface area contributed by atoms with Crippen molar-refractivity contribution in [2.75, 3.05) is 20.8 Å². The van der Waals surface area contributed by atoms with Crippen molar-refractivity contribution in [2.24, 2.45) is 10.9 Å². The first-order valence-corrected chi connectivity index (χ1v) is 9.27. The van der Waals surface area contributed by atoms with Crippen LogP contribution in [0.4, 0.5) is 0 Å². The van der Waals surface area contributed by atoms with E-state index in [0.29, 0.717) is 39.3 Å². The van der Waals surface area contributed by atoms with E-state index in [0.717, 1.165) is 0 Å². The predicted octanol–water partition coefficient (Wildman–Crippen LogP) is 3.71. The SMILES string of the molecule is COC1=CC=C(OC)C2C=C(CCNC(=O)c3cc(Cl)ccc3Cl)C(=O)N=C12. The number of hydrogen-bond acceptors (Lipinski definition) is 4. The minimum absolute atomic E-state index is 0.246. The maximum atomic E-state index is 12.4. The normalized spacial score (nSPS) is 18.3. The molecule has 0 aromatic heterocycles. The molecule has 6 nitrogen and oxygen atoms in total. The van der Waals surface area contributed by atoms with Gasteiger partial charge in [0.25, 0.3) is 11.8 Å². The Bertz CT molecular complexity index is 948. The Morgan fingerprint density at radius 2 is 2.00 bits per heavy atom. The lowest BCUT2D eigenvalue weighted by molar-refractivity contribution is -0.114. The van der Waals surface area contributed by atoms with Gasteiger partial charge in [-0.1, -0.05) is 29.3 Å². The number of nitrogens with zero attached hydrogens (tertiary/aromatic N) is 1. The summed E-state index contributed by atoms with van der Waals surface area (Å²) in [4.78, 5) is 28.9. The zero-order chi connectivity index (χ0) is 20.3. The van der Waals surface area contributed by atoms with Crippen LogP contribution in [0.15, 0.2) is 58.5 Å². The molecule has 28 heavy (non-hydrogen) atoms. The molecule has 1 unspecified atom stereocenters. The van der Waals surface area contributed by atoms with Gasteiger partial charge < -0.3 is 14.8 Å². The van der Waals surface area contributed by atoms with Crippen LogP contribution in [-0.4, -0.2) is 38.3 Å². The molecule has 0 saturated heterocycles. The van der Waals surface area contributed by atoms with Crippen LogP contribution in [0.5, 0.6) is 0 Å². The summed E-state index contributed by atoms with van der Waals surface area (Å²) in [6.07, 6.45) is 5.62. The van der Waals surface area contributed by atoms with Gasteiger partial charge in [0.05, 0.1) is 30.7 Å². The van der Waals surface area contributed by atoms with Crippen molar-refractivity contribution >= 4 is 40.7 Å². The van der Waals surface area contributed by atoms with Crippen LogP contribution < -0.4 is 5.32 Å². The number of amides is 2. The molecule has 0 radical (unpaired) electrons. The van der Waals surface area contributed by atoms with Gasteiger partial charge in [-0.05, 0) is 36.8 Å². The van der Waals surface area contributed by atoms with Gasteiger partial charge in [-0.2, -0.15) is 0 Å². The van der Waals surface area contributed by atoms with Gasteiger partial charge in [0.15, 0.2) is 0 Å². The van der Waals surface area contributed by atoms with Crippen molar-refractivity contribution in [3.05, 3.63) is 69.1 Å². The van der Waals surface area contributed by atoms with Crippen LogP contribution in [0.3, 0.4) is 0 Å². The lowest BCUT2D eigenvalue weighted by atomic mass is 9.89. The average Bonchev–Trinajstić information content (AvgIpc) is 2.69. The third kappa shape index (κ3) is 4.13. The van der Waals surface area contributed by atoms with E-state index in [1.165, 1.54) is 13.2 Å². The summed E-state index contributed by atoms with van der Waals surface area (Å²) in [7, 11) is 3.09. The number of hydrogen-bond donors (Lipinski definition) is 1. The number of methoxy groups -OCH3 is 2. The molecule has 1 heterocycles. The van der Waals surface area contributed by atoms with E-state index in [1.54, 1.807) is 37.5 Å². The standard InChI is InChI=1S/C20H18Cl2N2O4/c1-27-16-5-6-17(28-2)18-14(16)9-11(19(25)24-18)7-8-23-20(26)13-10-12(21)3-4-15(13)22/h3-6,9-10,14H,7-8H2,1-2H3,(H,23,26). The molecule has 8 heteroatoms. The molecule has 1 aliphatic carbocycles. The first-order chi connectivity index (χ1) is 13.4. The second kappa shape index (κ2) is 8.63. The molecular formula is C20H18Cl2N2O4. The topological polar surface area (TPSA) is 77.0 Å². The minimum atomic E-state index is -0.361. The van der Waals surface area contributed by atoms with Gasteiger partial charge in [-0.25, -0.2) is 4.99 Å². The van der Waals surface area contributed by atoms with Crippen molar-refractivity contribution in [3.8, 4) is 0 Å². The van der Waals surface area contributed by atoms with Crippen molar-refractivity contribution < 1.29 is 19.1 Å². The Labute approximate surface area is 172 Å². The fourth-order valence-corrected chi connectivity index (χ4v) is 3.39. The molecule has 1 atom stereocenters. The number of rotatable bonds is 6. The number of benzene rings is 1. The van der Waals surface area contributed by atoms with Crippen molar-refractivity contribution in [2.45, 2.75) is 6.42 Å². The fourth-order valence-electron chi connectivity index (χ4n) is 3.01. The highest BCUT2D eigenvalue weighted by Gasteiger charge is 2.32. The monoisotopic (exact) mass is 420 g/mol. The average molecular weight is 421 g/mol. The molecule has 3 rings (SSSR count). The molecule has 146 valence electrons. The van der Waals surface area contributed by atoms with Crippen LogP contribution in [0.25, 0.3) is 0 Å². The molecule has 2 amide bonds. The van der Waals surface area contributed by atoms with Gasteiger partial charge in [-0.3, -0.25) is 9.59 Å². The Hall–Kier alpha value is -2.57. The molecule has 1 aromatic rings. The van der Waals surface area contributed by atoms with E-state index in [4.69, 9.17) is 32.7 Å². The van der Waals surface area contributed by atoms with Gasteiger partial charge in [0.2, 0.25) is 0 Å². The van der Waals surface area contributed by atoms with E-state index in [1.807, 2.05) is 0 Å². The van der Waals surface area contributed by atoms with Crippen LogP contribution >= 0.6 is 23.2 Å². The molecule has 1 aromatic carbocycles. The number of allylic oxidation sites excluding steroid dienone is 4. The van der Waals surface area contributed by atoms with Crippen LogP contribution in [-0.2, 0) is 14.3 Å². The zero-order valence-electron chi connectivity index (χ0n) is 15.3. The number of carbonyl (C=O) groups is 2. The molecule has 1 N–H and O–H groups in total. The number of halogens is 2. The molecular weight excluding hydrogens is 403 g/mol. The predicted molar refractivity (Wildman–Crippen MR) is 108 cm³/mol. The maximum absolute atomic E-state index is 12.4. The lowest BCUT2D eigenvalue weighted by Gasteiger charge is -2.26. The van der Waals surface area contributed by atoms with Gasteiger partial charge in [0, 0.05) is 17.1 Å². The van der Waals surface area contributed by atoms with Crippen LogP contribution in [0.1, 0.15) is 16.8 Å². The van der Waals surface area contributed by atoms with E-state index < -0.39 is 0 Å². The van der Waals surface area contributed by atoms with E-state index in [2.05, 4.69) is 10.3 Å². The molecule has 0 bridgehead atoms. The van der Waals surface area contributed by atoms with Crippen molar-refractivity contribution in [1.82, 2.24) is 5.32 Å². The van der Waals surface area contributed by atoms with Crippen LogP contribution in [0.2, 0.25) is 10.0 Å². The Morgan fingerprint density at radius 1 is 1.21 bits per heavy atom. The fraction of sp³-hybridized carbons (Fsp3) is 0.250. The summed E-state index contributed by atoms with van der Waals surface area (Å²) < 4.78 is 10.7. The smallest absolute Gasteiger partial charge is 0.273 e. The summed E-state index contributed by atoms with van der Waals surface area (Å²) in [6, 6.07) is 4.66. The highest BCUT2D eigenvalue weighted by molar-refractivity contribution is 6.35.